The molecule has 1 aromatic carbocycles. The molecule has 20 heavy (non-hydrogen) atoms. The van der Waals surface area contributed by atoms with Gasteiger partial charge in [-0.15, -0.1) is 5.10 Å². The van der Waals surface area contributed by atoms with Crippen LogP contribution in [0.1, 0.15) is 18.4 Å². The first-order chi connectivity index (χ1) is 9.37. The number of nitrogen functional groups attached to an aromatic ring is 1. The van der Waals surface area contributed by atoms with E-state index in [1.165, 1.54) is 4.68 Å². The highest BCUT2D eigenvalue weighted by Gasteiger charge is 2.26. The van der Waals surface area contributed by atoms with Crippen molar-refractivity contribution in [3.63, 3.8) is 0 Å². The number of aryl methyl sites for hydroxylation is 2. The van der Waals surface area contributed by atoms with Gasteiger partial charge < -0.3 is 5.73 Å². The molecule has 2 aromatic rings. The van der Waals surface area contributed by atoms with Crippen molar-refractivity contribution in [2.45, 2.75) is 32.5 Å². The van der Waals surface area contributed by atoms with Gasteiger partial charge in [0.2, 0.25) is 0 Å². The van der Waals surface area contributed by atoms with Crippen LogP contribution >= 0.6 is 0 Å². The normalized spacial score (nSPS) is 11.8. The Morgan fingerprint density at radius 3 is 2.70 bits per heavy atom. The zero-order valence-corrected chi connectivity index (χ0v) is 10.9. The third-order valence-corrected chi connectivity index (χ3v) is 2.89. The summed E-state index contributed by atoms with van der Waals surface area (Å²) in [6.07, 6.45) is -5.07. The zero-order valence-electron chi connectivity index (χ0n) is 10.9. The summed E-state index contributed by atoms with van der Waals surface area (Å²) in [7, 11) is 0. The van der Waals surface area contributed by atoms with Crippen LogP contribution in [0.25, 0.3) is 11.4 Å². The van der Waals surface area contributed by atoms with Gasteiger partial charge in [-0.3, -0.25) is 0 Å². The van der Waals surface area contributed by atoms with Crippen LogP contribution in [0, 0.1) is 6.92 Å². The molecule has 0 saturated carbocycles. The molecule has 0 atom stereocenters. The Morgan fingerprint density at radius 2 is 2.05 bits per heavy atom. The summed E-state index contributed by atoms with van der Waals surface area (Å²) in [4.78, 5) is 0. The van der Waals surface area contributed by atoms with E-state index >= 15 is 0 Å². The Morgan fingerprint density at radius 1 is 1.30 bits per heavy atom. The third kappa shape index (κ3) is 3.46. The lowest BCUT2D eigenvalue weighted by Gasteiger charge is -2.08. The minimum Gasteiger partial charge on any atom is -0.399 e. The molecule has 0 bridgehead atoms. The molecule has 0 fully saturated rings. The number of nitrogens with two attached hydrogens (primary N) is 1. The van der Waals surface area contributed by atoms with Crippen molar-refractivity contribution in [2.24, 2.45) is 0 Å². The molecule has 108 valence electrons. The van der Waals surface area contributed by atoms with Crippen molar-refractivity contribution in [3.8, 4) is 11.4 Å². The van der Waals surface area contributed by atoms with E-state index in [1.807, 2.05) is 6.92 Å². The summed E-state index contributed by atoms with van der Waals surface area (Å²) in [6.45, 7) is 1.96. The second-order valence-corrected chi connectivity index (χ2v) is 4.52. The fourth-order valence-corrected chi connectivity index (χ4v) is 1.81. The van der Waals surface area contributed by atoms with Gasteiger partial charge in [-0.2, -0.15) is 13.2 Å². The Hall–Kier alpha value is -2.12. The lowest BCUT2D eigenvalue weighted by molar-refractivity contribution is -0.136. The van der Waals surface area contributed by atoms with Gasteiger partial charge in [0.15, 0.2) is 5.82 Å². The molecular formula is C12H14F3N5. The average molecular weight is 285 g/mol. The number of rotatable bonds is 4. The molecule has 2 rings (SSSR count). The molecule has 1 heterocycles. The van der Waals surface area contributed by atoms with E-state index in [2.05, 4.69) is 15.5 Å². The highest BCUT2D eigenvalue weighted by atomic mass is 19.4. The van der Waals surface area contributed by atoms with E-state index in [1.54, 1.807) is 18.2 Å². The van der Waals surface area contributed by atoms with E-state index in [-0.39, 0.29) is 13.0 Å². The standard InChI is InChI=1S/C12H14F3N5/c1-8-7-9(3-4-10(8)16)11-17-18-19-20(11)6-2-5-12(13,14)15/h3-4,7H,2,5-6,16H2,1H3. The summed E-state index contributed by atoms with van der Waals surface area (Å²) >= 11 is 0. The number of halogens is 3. The number of hydrogen-bond donors (Lipinski definition) is 1. The molecule has 2 N–H and O–H groups in total. The van der Waals surface area contributed by atoms with Crippen molar-refractivity contribution in [3.05, 3.63) is 23.8 Å². The molecule has 0 aliphatic carbocycles. The Bertz CT molecular complexity index is 591. The smallest absolute Gasteiger partial charge is 0.389 e. The van der Waals surface area contributed by atoms with Crippen LogP contribution in [0.2, 0.25) is 0 Å². The third-order valence-electron chi connectivity index (χ3n) is 2.89. The maximum atomic E-state index is 12.1. The molecule has 0 spiro atoms. The van der Waals surface area contributed by atoms with E-state index in [0.29, 0.717) is 11.5 Å². The van der Waals surface area contributed by atoms with Gasteiger partial charge in [-0.25, -0.2) is 4.68 Å². The fourth-order valence-electron chi connectivity index (χ4n) is 1.81. The minimum absolute atomic E-state index is 0.0600. The van der Waals surface area contributed by atoms with Gasteiger partial charge in [0.05, 0.1) is 0 Å². The van der Waals surface area contributed by atoms with Crippen LogP contribution < -0.4 is 5.73 Å². The number of hydrogen-bond acceptors (Lipinski definition) is 4. The number of alkyl halides is 3. The van der Waals surface area contributed by atoms with Crippen LogP contribution in [0.5, 0.6) is 0 Å². The number of aromatic nitrogens is 4. The zero-order chi connectivity index (χ0) is 14.8. The van der Waals surface area contributed by atoms with E-state index in [9.17, 15) is 13.2 Å². The lowest BCUT2D eigenvalue weighted by Crippen LogP contribution is -2.10. The van der Waals surface area contributed by atoms with Gasteiger partial charge in [0.25, 0.3) is 0 Å². The van der Waals surface area contributed by atoms with Crippen molar-refractivity contribution < 1.29 is 13.2 Å². The van der Waals surface area contributed by atoms with Crippen LogP contribution in [0.3, 0.4) is 0 Å². The number of tetrazole rings is 1. The molecule has 0 amide bonds. The van der Waals surface area contributed by atoms with E-state index in [0.717, 1.165) is 11.1 Å². The molecule has 0 aliphatic heterocycles. The summed E-state index contributed by atoms with van der Waals surface area (Å²) in [6, 6.07) is 5.27. The number of anilines is 1. The first-order valence-corrected chi connectivity index (χ1v) is 6.06. The molecule has 0 aliphatic rings. The van der Waals surface area contributed by atoms with Gasteiger partial charge in [0.1, 0.15) is 0 Å². The summed E-state index contributed by atoms with van der Waals surface area (Å²) < 4.78 is 37.8. The Kier molecular flexibility index (Phi) is 3.91. The molecule has 1 aromatic heterocycles. The first kappa shape index (κ1) is 14.3. The number of benzene rings is 1. The van der Waals surface area contributed by atoms with Crippen molar-refractivity contribution in [1.29, 1.82) is 0 Å². The maximum absolute atomic E-state index is 12.1. The predicted octanol–water partition coefficient (Wildman–Crippen LogP) is 2.57. The predicted molar refractivity (Wildman–Crippen MR) is 67.7 cm³/mol. The van der Waals surface area contributed by atoms with Gasteiger partial charge >= 0.3 is 6.18 Å². The molecular weight excluding hydrogens is 271 g/mol. The van der Waals surface area contributed by atoms with Crippen molar-refractivity contribution in [1.82, 2.24) is 20.2 Å². The molecule has 0 saturated heterocycles. The summed E-state index contributed by atoms with van der Waals surface area (Å²) in [5, 5.41) is 11.1. The maximum Gasteiger partial charge on any atom is 0.389 e. The lowest BCUT2D eigenvalue weighted by atomic mass is 10.1. The first-order valence-electron chi connectivity index (χ1n) is 6.06. The van der Waals surface area contributed by atoms with Crippen LogP contribution in [-0.4, -0.2) is 26.4 Å². The Labute approximate surface area is 113 Å². The SMILES string of the molecule is Cc1cc(-c2nnnn2CCCC(F)(F)F)ccc1N. The summed E-state index contributed by atoms with van der Waals surface area (Å²) in [5.41, 5.74) is 7.97. The quantitative estimate of drug-likeness (QED) is 0.876. The molecule has 8 heteroatoms. The van der Waals surface area contributed by atoms with Crippen molar-refractivity contribution >= 4 is 5.69 Å². The largest absolute Gasteiger partial charge is 0.399 e. The topological polar surface area (TPSA) is 69.6 Å². The van der Waals surface area contributed by atoms with E-state index in [4.69, 9.17) is 5.73 Å². The van der Waals surface area contributed by atoms with Crippen LogP contribution in [0.4, 0.5) is 18.9 Å². The van der Waals surface area contributed by atoms with Crippen LogP contribution in [0.15, 0.2) is 18.2 Å². The van der Waals surface area contributed by atoms with Gasteiger partial charge in [0, 0.05) is 24.2 Å². The molecule has 5 nitrogen and oxygen atoms in total. The highest BCUT2D eigenvalue weighted by Crippen LogP contribution is 2.24. The Balaban J connectivity index is 2.14. The summed E-state index contributed by atoms with van der Waals surface area (Å²) in [5.74, 6) is 0.440. The highest BCUT2D eigenvalue weighted by molar-refractivity contribution is 5.61. The number of nitrogens with zero attached hydrogens (tertiary/aromatic N) is 4. The van der Waals surface area contributed by atoms with Crippen molar-refractivity contribution in [2.75, 3.05) is 5.73 Å². The fraction of sp³-hybridized carbons (Fsp3) is 0.417. The second-order valence-electron chi connectivity index (χ2n) is 4.52. The average Bonchev–Trinajstić information content (AvgIpc) is 2.79. The second kappa shape index (κ2) is 5.48. The van der Waals surface area contributed by atoms with E-state index < -0.39 is 12.6 Å². The monoisotopic (exact) mass is 285 g/mol. The minimum atomic E-state index is -4.16. The van der Waals surface area contributed by atoms with Gasteiger partial charge in [-0.05, 0) is 47.5 Å². The van der Waals surface area contributed by atoms with Crippen LogP contribution in [-0.2, 0) is 6.54 Å². The van der Waals surface area contributed by atoms with Gasteiger partial charge in [-0.1, -0.05) is 0 Å². The molecule has 0 radical (unpaired) electrons. The molecule has 0 unspecified atom stereocenters.